The van der Waals surface area contributed by atoms with E-state index in [0.29, 0.717) is 12.1 Å². The highest BCUT2D eigenvalue weighted by Crippen LogP contribution is 2.31. The summed E-state index contributed by atoms with van der Waals surface area (Å²) in [6.07, 6.45) is 20.6. The Hall–Kier alpha value is -1.55. The second-order valence-electron chi connectivity index (χ2n) is 7.95. The van der Waals surface area contributed by atoms with Crippen molar-refractivity contribution in [1.82, 2.24) is 19.8 Å². The van der Waals surface area contributed by atoms with E-state index in [9.17, 15) is 0 Å². The zero-order valence-electron chi connectivity index (χ0n) is 16.4. The van der Waals surface area contributed by atoms with Gasteiger partial charge in [0.25, 0.3) is 0 Å². The van der Waals surface area contributed by atoms with Gasteiger partial charge >= 0.3 is 0 Å². The maximum atomic E-state index is 4.16. The van der Waals surface area contributed by atoms with Gasteiger partial charge in [-0.2, -0.15) is 0 Å². The van der Waals surface area contributed by atoms with Gasteiger partial charge in [-0.1, -0.05) is 19.1 Å². The summed E-state index contributed by atoms with van der Waals surface area (Å²) in [6, 6.07) is 1.24. The molecule has 0 aromatic carbocycles. The normalized spacial score (nSPS) is 27.1. The van der Waals surface area contributed by atoms with Crippen LogP contribution in [0.15, 0.2) is 43.1 Å². The fraction of sp³-hybridized carbons (Fsp3) is 0.682. The van der Waals surface area contributed by atoms with Crippen molar-refractivity contribution in [2.24, 2.45) is 5.92 Å². The number of hydrogen-bond donors (Lipinski definition) is 1. The van der Waals surface area contributed by atoms with Crippen molar-refractivity contribution in [3.63, 3.8) is 0 Å². The highest BCUT2D eigenvalue weighted by atomic mass is 15.2. The molecule has 1 aromatic heterocycles. The van der Waals surface area contributed by atoms with Crippen LogP contribution in [0.3, 0.4) is 0 Å². The summed E-state index contributed by atoms with van der Waals surface area (Å²) in [5.41, 5.74) is 1.49. The van der Waals surface area contributed by atoms with Gasteiger partial charge in [0.2, 0.25) is 0 Å². The van der Waals surface area contributed by atoms with Crippen LogP contribution in [0.5, 0.6) is 0 Å². The minimum Gasteiger partial charge on any atom is -0.385 e. The van der Waals surface area contributed by atoms with E-state index in [1.807, 2.05) is 12.5 Å². The quantitative estimate of drug-likeness (QED) is 0.632. The van der Waals surface area contributed by atoms with E-state index in [0.717, 1.165) is 25.4 Å². The topological polar surface area (TPSA) is 33.1 Å². The number of allylic oxidation sites excluding steroid dienone is 2. The standard InChI is InChI=1S/C22H36N4/c1-3-5-8-19-10-11-20(17-19)24-21(7-4-2)22-9-6-13-26(22)16-15-25-14-12-23-18-25/h3,7,12,14,18-20,22,24H,1,4-6,8-11,13,15-17H2,2H3. The number of rotatable bonds is 10. The Morgan fingerprint density at radius 3 is 3.00 bits per heavy atom. The summed E-state index contributed by atoms with van der Waals surface area (Å²) in [6.45, 7) is 9.49. The summed E-state index contributed by atoms with van der Waals surface area (Å²) in [4.78, 5) is 6.83. The van der Waals surface area contributed by atoms with Gasteiger partial charge in [0.1, 0.15) is 0 Å². The summed E-state index contributed by atoms with van der Waals surface area (Å²) < 4.78 is 2.19. The Kier molecular flexibility index (Phi) is 7.36. The lowest BCUT2D eigenvalue weighted by Gasteiger charge is -2.30. The first-order valence-corrected chi connectivity index (χ1v) is 10.6. The van der Waals surface area contributed by atoms with Gasteiger partial charge in [0, 0.05) is 43.3 Å². The second-order valence-corrected chi connectivity index (χ2v) is 7.95. The number of nitrogens with zero attached hydrogens (tertiary/aromatic N) is 3. The molecular weight excluding hydrogens is 320 g/mol. The Labute approximate surface area is 159 Å². The van der Waals surface area contributed by atoms with E-state index in [2.05, 4.69) is 51.6 Å². The zero-order valence-corrected chi connectivity index (χ0v) is 16.4. The number of imidazole rings is 1. The fourth-order valence-corrected chi connectivity index (χ4v) is 4.68. The number of aromatic nitrogens is 2. The molecule has 2 heterocycles. The lowest BCUT2D eigenvalue weighted by molar-refractivity contribution is 0.258. The molecule has 1 aliphatic heterocycles. The highest BCUT2D eigenvalue weighted by molar-refractivity contribution is 5.13. The third kappa shape index (κ3) is 5.23. The van der Waals surface area contributed by atoms with E-state index in [4.69, 9.17) is 0 Å². The zero-order chi connectivity index (χ0) is 18.2. The number of hydrogen-bond acceptors (Lipinski definition) is 3. The lowest BCUT2D eigenvalue weighted by Crippen LogP contribution is -2.40. The van der Waals surface area contributed by atoms with Gasteiger partial charge in [-0.3, -0.25) is 4.90 Å². The second kappa shape index (κ2) is 9.96. The molecule has 2 aliphatic rings. The smallest absolute Gasteiger partial charge is 0.0946 e. The molecule has 0 bridgehead atoms. The van der Waals surface area contributed by atoms with Gasteiger partial charge < -0.3 is 9.88 Å². The maximum absolute atomic E-state index is 4.16. The Morgan fingerprint density at radius 1 is 1.31 bits per heavy atom. The van der Waals surface area contributed by atoms with Crippen LogP contribution in [0, 0.1) is 5.92 Å². The van der Waals surface area contributed by atoms with E-state index < -0.39 is 0 Å². The lowest BCUT2D eigenvalue weighted by atomic mass is 10.0. The predicted molar refractivity (Wildman–Crippen MR) is 109 cm³/mol. The van der Waals surface area contributed by atoms with Gasteiger partial charge in [0.15, 0.2) is 0 Å². The molecule has 144 valence electrons. The largest absolute Gasteiger partial charge is 0.385 e. The number of nitrogens with one attached hydrogen (secondary N) is 1. The van der Waals surface area contributed by atoms with Crippen LogP contribution in [0.1, 0.15) is 58.3 Å². The molecule has 3 rings (SSSR count). The van der Waals surface area contributed by atoms with Gasteiger partial charge in [-0.05, 0) is 63.8 Å². The van der Waals surface area contributed by atoms with Crippen LogP contribution in [-0.4, -0.2) is 39.6 Å². The molecule has 1 aromatic rings. The Bertz CT molecular complexity index is 563. The molecular formula is C22H36N4. The van der Waals surface area contributed by atoms with Crippen LogP contribution in [0.4, 0.5) is 0 Å². The first-order chi connectivity index (χ1) is 12.8. The van der Waals surface area contributed by atoms with Crippen LogP contribution < -0.4 is 5.32 Å². The summed E-state index contributed by atoms with van der Waals surface area (Å²) >= 11 is 0. The molecule has 4 heteroatoms. The highest BCUT2D eigenvalue weighted by Gasteiger charge is 2.30. The molecule has 0 spiro atoms. The van der Waals surface area contributed by atoms with Crippen LogP contribution in [0.25, 0.3) is 0 Å². The van der Waals surface area contributed by atoms with E-state index in [1.165, 1.54) is 57.2 Å². The van der Waals surface area contributed by atoms with Crippen molar-refractivity contribution in [2.75, 3.05) is 13.1 Å². The molecule has 3 atom stereocenters. The van der Waals surface area contributed by atoms with Crippen molar-refractivity contribution in [3.8, 4) is 0 Å². The Balaban J connectivity index is 1.54. The van der Waals surface area contributed by atoms with Crippen molar-refractivity contribution in [3.05, 3.63) is 43.1 Å². The van der Waals surface area contributed by atoms with Crippen LogP contribution >= 0.6 is 0 Å². The molecule has 0 radical (unpaired) electrons. The average Bonchev–Trinajstić information content (AvgIpc) is 3.39. The molecule has 1 saturated heterocycles. The van der Waals surface area contributed by atoms with Crippen molar-refractivity contribution < 1.29 is 0 Å². The first kappa shape index (κ1) is 19.2. The monoisotopic (exact) mass is 356 g/mol. The van der Waals surface area contributed by atoms with Crippen LogP contribution in [-0.2, 0) is 6.54 Å². The molecule has 1 N–H and O–H groups in total. The Morgan fingerprint density at radius 2 is 2.23 bits per heavy atom. The fourth-order valence-electron chi connectivity index (χ4n) is 4.68. The van der Waals surface area contributed by atoms with Gasteiger partial charge in [-0.15, -0.1) is 6.58 Å². The van der Waals surface area contributed by atoms with Gasteiger partial charge in [-0.25, -0.2) is 4.98 Å². The summed E-state index contributed by atoms with van der Waals surface area (Å²) in [7, 11) is 0. The molecule has 1 saturated carbocycles. The molecule has 4 nitrogen and oxygen atoms in total. The van der Waals surface area contributed by atoms with Crippen molar-refractivity contribution >= 4 is 0 Å². The third-order valence-electron chi connectivity index (χ3n) is 6.04. The molecule has 3 unspecified atom stereocenters. The van der Waals surface area contributed by atoms with Crippen molar-refractivity contribution in [2.45, 2.75) is 76.9 Å². The number of likely N-dealkylation sites (tertiary alicyclic amines) is 1. The molecule has 0 amide bonds. The van der Waals surface area contributed by atoms with E-state index in [-0.39, 0.29) is 0 Å². The molecule has 1 aliphatic carbocycles. The first-order valence-electron chi connectivity index (χ1n) is 10.6. The predicted octanol–water partition coefficient (Wildman–Crippen LogP) is 4.37. The van der Waals surface area contributed by atoms with E-state index in [1.54, 1.807) is 0 Å². The summed E-state index contributed by atoms with van der Waals surface area (Å²) in [5.74, 6) is 0.884. The average molecular weight is 357 g/mol. The van der Waals surface area contributed by atoms with E-state index >= 15 is 0 Å². The SMILES string of the molecule is C=CCCC1CCC(NC(=CCC)C2CCCN2CCn2ccnc2)C1. The summed E-state index contributed by atoms with van der Waals surface area (Å²) in [5, 5.41) is 3.96. The minimum absolute atomic E-state index is 0.575. The minimum atomic E-state index is 0.575. The van der Waals surface area contributed by atoms with Crippen molar-refractivity contribution in [1.29, 1.82) is 0 Å². The molecule has 2 fully saturated rings. The van der Waals surface area contributed by atoms with Gasteiger partial charge in [0.05, 0.1) is 6.33 Å². The van der Waals surface area contributed by atoms with Crippen LogP contribution in [0.2, 0.25) is 0 Å². The third-order valence-corrected chi connectivity index (χ3v) is 6.04. The maximum Gasteiger partial charge on any atom is 0.0946 e. The molecule has 26 heavy (non-hydrogen) atoms.